The van der Waals surface area contributed by atoms with Crippen LogP contribution in [0.2, 0.25) is 0 Å². The van der Waals surface area contributed by atoms with E-state index in [1.807, 2.05) is 19.1 Å². The minimum atomic E-state index is -3.99. The van der Waals surface area contributed by atoms with Gasteiger partial charge in [0.05, 0.1) is 22.5 Å². The summed E-state index contributed by atoms with van der Waals surface area (Å²) in [5, 5.41) is 0.521. The van der Waals surface area contributed by atoms with E-state index in [0.29, 0.717) is 23.8 Å². The van der Waals surface area contributed by atoms with Gasteiger partial charge in [0.2, 0.25) is 10.0 Å². The van der Waals surface area contributed by atoms with Crippen molar-refractivity contribution in [2.75, 3.05) is 20.2 Å². The molecule has 3 heterocycles. The van der Waals surface area contributed by atoms with Crippen LogP contribution in [-0.4, -0.2) is 56.3 Å². The molecule has 1 aliphatic rings. The predicted molar refractivity (Wildman–Crippen MR) is 161 cm³/mol. The molecule has 0 amide bonds. The molecule has 5 rings (SSSR count). The molecule has 0 unspecified atom stereocenters. The molecular weight excluding hydrogens is 574 g/mol. The Morgan fingerprint density at radius 2 is 1.48 bits per heavy atom. The number of ether oxygens (including phenoxy) is 1. The number of rotatable bonds is 6. The van der Waals surface area contributed by atoms with E-state index >= 15 is 0 Å². The molecule has 0 radical (unpaired) electrons. The van der Waals surface area contributed by atoms with Gasteiger partial charge in [0, 0.05) is 30.9 Å². The number of hydrogen-bond acceptors (Lipinski definition) is 7. The topological polar surface area (TPSA) is 116 Å². The number of piperidine rings is 1. The first-order valence-corrected chi connectivity index (χ1v) is 16.6. The summed E-state index contributed by atoms with van der Waals surface area (Å²) in [6.45, 7) is 8.66. The van der Waals surface area contributed by atoms with Crippen molar-refractivity contribution < 1.29 is 26.4 Å². The van der Waals surface area contributed by atoms with Gasteiger partial charge < -0.3 is 4.74 Å². The molecule has 2 aromatic heterocycles. The van der Waals surface area contributed by atoms with Crippen LogP contribution in [0.25, 0.3) is 11.0 Å². The number of aromatic nitrogens is 2. The smallest absolute Gasteiger partial charge is 0.339 e. The van der Waals surface area contributed by atoms with Gasteiger partial charge in [-0.1, -0.05) is 50.6 Å². The minimum absolute atomic E-state index is 0.0880. The van der Waals surface area contributed by atoms with Crippen LogP contribution >= 0.6 is 0 Å². The molecule has 4 aromatic rings. The van der Waals surface area contributed by atoms with E-state index in [-0.39, 0.29) is 45.4 Å². The summed E-state index contributed by atoms with van der Waals surface area (Å²) in [6, 6.07) is 15.2. The van der Waals surface area contributed by atoms with Crippen molar-refractivity contribution in [2.24, 2.45) is 0 Å². The number of hydrogen-bond donors (Lipinski definition) is 0. The zero-order chi connectivity index (χ0) is 30.4. The van der Waals surface area contributed by atoms with Gasteiger partial charge in [0.25, 0.3) is 10.0 Å². The zero-order valence-corrected chi connectivity index (χ0v) is 26.0. The number of sulfonamides is 1. The first-order valence-electron chi connectivity index (χ1n) is 13.8. The van der Waals surface area contributed by atoms with Gasteiger partial charge in [-0.05, 0) is 72.6 Å². The zero-order valence-electron chi connectivity index (χ0n) is 24.4. The van der Waals surface area contributed by atoms with Crippen molar-refractivity contribution in [3.63, 3.8) is 0 Å². The van der Waals surface area contributed by atoms with Crippen molar-refractivity contribution in [1.82, 2.24) is 13.3 Å². The highest BCUT2D eigenvalue weighted by atomic mass is 32.2. The fraction of sp³-hybridized carbons (Fsp3) is 0.355. The van der Waals surface area contributed by atoms with Crippen LogP contribution in [0.4, 0.5) is 0 Å². The van der Waals surface area contributed by atoms with Crippen LogP contribution in [0.1, 0.15) is 66.6 Å². The molecule has 0 saturated carbocycles. The van der Waals surface area contributed by atoms with E-state index < -0.39 is 26.0 Å². The summed E-state index contributed by atoms with van der Waals surface area (Å²) < 4.78 is 61.8. The summed E-state index contributed by atoms with van der Waals surface area (Å²) in [7, 11) is -6.41. The summed E-state index contributed by atoms with van der Waals surface area (Å²) in [4.78, 5) is 17.0. The van der Waals surface area contributed by atoms with Crippen molar-refractivity contribution in [2.45, 2.75) is 61.7 Å². The average Bonchev–Trinajstić information content (AvgIpc) is 3.36. The third-order valence-corrected chi connectivity index (χ3v) is 11.5. The van der Waals surface area contributed by atoms with E-state index in [9.17, 15) is 21.6 Å². The molecule has 0 bridgehead atoms. The summed E-state index contributed by atoms with van der Waals surface area (Å²) in [6.07, 6.45) is 3.82. The van der Waals surface area contributed by atoms with Gasteiger partial charge in [-0.3, -0.25) is 0 Å². The van der Waals surface area contributed by atoms with E-state index in [1.165, 1.54) is 17.6 Å². The molecule has 0 aliphatic carbocycles. The lowest BCUT2D eigenvalue weighted by atomic mass is 9.87. The minimum Gasteiger partial charge on any atom is -0.465 e. The van der Waals surface area contributed by atoms with Crippen molar-refractivity contribution >= 4 is 37.0 Å². The third-order valence-electron chi connectivity index (χ3n) is 7.89. The fourth-order valence-electron chi connectivity index (χ4n) is 5.35. The first kappa shape index (κ1) is 29.9. The molecule has 1 saturated heterocycles. The Bertz CT molecular complexity index is 1850. The van der Waals surface area contributed by atoms with E-state index in [4.69, 9.17) is 4.74 Å². The lowest BCUT2D eigenvalue weighted by Gasteiger charge is -2.31. The van der Waals surface area contributed by atoms with Crippen LogP contribution in [0.3, 0.4) is 0 Å². The third kappa shape index (κ3) is 5.48. The number of esters is 1. The maximum Gasteiger partial charge on any atom is 0.339 e. The van der Waals surface area contributed by atoms with Crippen LogP contribution in [-0.2, 0) is 30.2 Å². The predicted octanol–water partition coefficient (Wildman–Crippen LogP) is 5.23. The molecule has 42 heavy (non-hydrogen) atoms. The molecule has 0 spiro atoms. The Kier molecular flexibility index (Phi) is 7.80. The Morgan fingerprint density at radius 1 is 0.905 bits per heavy atom. The van der Waals surface area contributed by atoms with Crippen molar-refractivity contribution in [3.05, 3.63) is 89.2 Å². The Morgan fingerprint density at radius 3 is 2.05 bits per heavy atom. The first-order chi connectivity index (χ1) is 19.7. The van der Waals surface area contributed by atoms with Crippen LogP contribution < -0.4 is 0 Å². The number of methoxy groups -OCH3 is 1. The molecule has 1 fully saturated rings. The Balaban J connectivity index is 1.48. The highest BCUT2D eigenvalue weighted by Crippen LogP contribution is 2.37. The summed E-state index contributed by atoms with van der Waals surface area (Å²) >= 11 is 0. The molecule has 0 N–H and O–H groups in total. The molecule has 1 aliphatic heterocycles. The van der Waals surface area contributed by atoms with Gasteiger partial charge in [-0.25, -0.2) is 30.6 Å². The summed E-state index contributed by atoms with van der Waals surface area (Å²) in [5.74, 6) is -0.728. The second-order valence-electron chi connectivity index (χ2n) is 11.7. The number of fused-ring (bicyclic) bond motifs is 1. The largest absolute Gasteiger partial charge is 0.465 e. The highest BCUT2D eigenvalue weighted by Gasteiger charge is 2.33. The normalized spacial score (nSPS) is 15.6. The Hall–Kier alpha value is -3.54. The maximum atomic E-state index is 13.7. The van der Waals surface area contributed by atoms with Gasteiger partial charge in [0.15, 0.2) is 5.65 Å². The lowest BCUT2D eigenvalue weighted by Crippen LogP contribution is -2.37. The second-order valence-corrected chi connectivity index (χ2v) is 15.5. The standard InChI is InChI=1S/C31H35N3O6S2/c1-21-6-10-26(11-7-21)42(38,39)34-20-28(27-18-23(30(35)40-5)19-32-29(27)34)22-14-16-33(17-15-22)41(36,37)25-12-8-24(9-13-25)31(2,3)4/h6-13,18-20,22H,14-17H2,1-5H3. The lowest BCUT2D eigenvalue weighted by molar-refractivity contribution is 0.0600. The number of pyridine rings is 1. The number of benzene rings is 2. The van der Waals surface area contributed by atoms with Crippen molar-refractivity contribution in [3.8, 4) is 0 Å². The monoisotopic (exact) mass is 609 g/mol. The van der Waals surface area contributed by atoms with Gasteiger partial charge >= 0.3 is 5.97 Å². The SMILES string of the molecule is COC(=O)c1cnc2c(c1)c(C1CCN(S(=O)(=O)c3ccc(C(C)(C)C)cc3)CC1)cn2S(=O)(=O)c1ccc(C)cc1. The molecule has 9 nitrogen and oxygen atoms in total. The van der Waals surface area contributed by atoms with Gasteiger partial charge in [-0.15, -0.1) is 0 Å². The van der Waals surface area contributed by atoms with Gasteiger partial charge in [0.1, 0.15) is 0 Å². The van der Waals surface area contributed by atoms with E-state index in [2.05, 4.69) is 25.8 Å². The molecular formula is C31H35N3O6S2. The molecule has 2 aromatic carbocycles. The number of carbonyl (C=O) groups excluding carboxylic acids is 1. The molecule has 0 atom stereocenters. The number of nitrogens with zero attached hydrogens (tertiary/aromatic N) is 3. The fourth-order valence-corrected chi connectivity index (χ4v) is 8.15. The van der Waals surface area contributed by atoms with E-state index in [1.54, 1.807) is 48.7 Å². The maximum absolute atomic E-state index is 13.7. The van der Waals surface area contributed by atoms with E-state index in [0.717, 1.165) is 15.1 Å². The average molecular weight is 610 g/mol. The van der Waals surface area contributed by atoms with Crippen LogP contribution in [0, 0.1) is 6.92 Å². The quantitative estimate of drug-likeness (QED) is 0.275. The van der Waals surface area contributed by atoms with Crippen LogP contribution in [0.5, 0.6) is 0 Å². The highest BCUT2D eigenvalue weighted by molar-refractivity contribution is 7.90. The number of carbonyl (C=O) groups is 1. The second kappa shape index (κ2) is 10.9. The van der Waals surface area contributed by atoms with Crippen LogP contribution in [0.15, 0.2) is 76.8 Å². The number of aryl methyl sites for hydroxylation is 1. The Labute approximate surface area is 247 Å². The summed E-state index contributed by atoms with van der Waals surface area (Å²) in [5.41, 5.74) is 3.00. The van der Waals surface area contributed by atoms with Crippen molar-refractivity contribution in [1.29, 1.82) is 0 Å². The van der Waals surface area contributed by atoms with Gasteiger partial charge in [-0.2, -0.15) is 4.31 Å². The molecule has 11 heteroatoms. The molecule has 222 valence electrons.